The van der Waals surface area contributed by atoms with Crippen LogP contribution >= 0.6 is 11.6 Å². The van der Waals surface area contributed by atoms with Crippen molar-refractivity contribution < 1.29 is 4.74 Å². The maximum absolute atomic E-state index is 6.20. The lowest BCUT2D eigenvalue weighted by Gasteiger charge is -2.12. The Bertz CT molecular complexity index is 566. The smallest absolute Gasteiger partial charge is 0.138 e. The molecule has 0 aliphatic rings. The van der Waals surface area contributed by atoms with Crippen LogP contribution in [0.2, 0.25) is 5.02 Å². The fourth-order valence-electron chi connectivity index (χ4n) is 1.84. The SMILES string of the molecule is Cc1ccccc1COc1ccc([C@@H](C)N)cc1Cl. The van der Waals surface area contributed by atoms with Crippen LogP contribution in [-0.4, -0.2) is 0 Å². The van der Waals surface area contributed by atoms with Crippen molar-refractivity contribution in [2.75, 3.05) is 0 Å². The van der Waals surface area contributed by atoms with Gasteiger partial charge in [-0.25, -0.2) is 0 Å². The van der Waals surface area contributed by atoms with E-state index in [9.17, 15) is 0 Å². The van der Waals surface area contributed by atoms with Gasteiger partial charge in [-0.15, -0.1) is 0 Å². The Morgan fingerprint density at radius 1 is 1.21 bits per heavy atom. The Morgan fingerprint density at radius 2 is 1.95 bits per heavy atom. The van der Waals surface area contributed by atoms with Gasteiger partial charge in [-0.1, -0.05) is 41.9 Å². The lowest BCUT2D eigenvalue weighted by Crippen LogP contribution is -2.05. The van der Waals surface area contributed by atoms with Gasteiger partial charge in [0, 0.05) is 6.04 Å². The van der Waals surface area contributed by atoms with Crippen LogP contribution in [0.15, 0.2) is 42.5 Å². The van der Waals surface area contributed by atoms with Crippen molar-refractivity contribution in [3.8, 4) is 5.75 Å². The Kier molecular flexibility index (Phi) is 4.46. The average molecular weight is 276 g/mol. The molecule has 2 aromatic carbocycles. The topological polar surface area (TPSA) is 35.2 Å². The summed E-state index contributed by atoms with van der Waals surface area (Å²) in [5.74, 6) is 0.689. The van der Waals surface area contributed by atoms with Gasteiger partial charge in [0.25, 0.3) is 0 Å². The highest BCUT2D eigenvalue weighted by molar-refractivity contribution is 6.32. The molecule has 0 fully saturated rings. The number of halogens is 1. The molecular formula is C16H18ClNO. The Morgan fingerprint density at radius 3 is 2.58 bits per heavy atom. The molecule has 100 valence electrons. The van der Waals surface area contributed by atoms with Gasteiger partial charge in [-0.2, -0.15) is 0 Å². The molecular weight excluding hydrogens is 258 g/mol. The van der Waals surface area contributed by atoms with Gasteiger partial charge < -0.3 is 10.5 Å². The first kappa shape index (κ1) is 13.9. The second-order valence-electron chi connectivity index (χ2n) is 4.69. The molecule has 0 aliphatic carbocycles. The van der Waals surface area contributed by atoms with Crippen LogP contribution in [0, 0.1) is 6.92 Å². The minimum atomic E-state index is -0.0251. The Balaban J connectivity index is 2.10. The molecule has 2 N–H and O–H groups in total. The van der Waals surface area contributed by atoms with Gasteiger partial charge in [-0.05, 0) is 42.7 Å². The van der Waals surface area contributed by atoms with E-state index >= 15 is 0 Å². The highest BCUT2D eigenvalue weighted by Crippen LogP contribution is 2.28. The molecule has 0 saturated carbocycles. The summed E-state index contributed by atoms with van der Waals surface area (Å²) in [4.78, 5) is 0. The number of rotatable bonds is 4. The normalized spacial score (nSPS) is 12.2. The Hall–Kier alpha value is -1.51. The second-order valence-corrected chi connectivity index (χ2v) is 5.10. The zero-order valence-electron chi connectivity index (χ0n) is 11.2. The van der Waals surface area contributed by atoms with Crippen LogP contribution in [0.5, 0.6) is 5.75 Å². The molecule has 2 aromatic rings. The summed E-state index contributed by atoms with van der Waals surface area (Å²) < 4.78 is 5.77. The van der Waals surface area contributed by atoms with Crippen molar-refractivity contribution in [2.24, 2.45) is 5.73 Å². The van der Waals surface area contributed by atoms with E-state index in [-0.39, 0.29) is 6.04 Å². The third kappa shape index (κ3) is 3.49. The monoisotopic (exact) mass is 275 g/mol. The molecule has 3 heteroatoms. The molecule has 0 aromatic heterocycles. The van der Waals surface area contributed by atoms with Gasteiger partial charge in [0.1, 0.15) is 12.4 Å². The summed E-state index contributed by atoms with van der Waals surface area (Å²) in [6.45, 7) is 4.52. The van der Waals surface area contributed by atoms with Crippen molar-refractivity contribution in [1.29, 1.82) is 0 Å². The van der Waals surface area contributed by atoms with E-state index in [4.69, 9.17) is 22.1 Å². The van der Waals surface area contributed by atoms with Crippen LogP contribution in [0.1, 0.15) is 29.7 Å². The molecule has 0 radical (unpaired) electrons. The molecule has 2 rings (SSSR count). The highest BCUT2D eigenvalue weighted by atomic mass is 35.5. The molecule has 0 bridgehead atoms. The maximum Gasteiger partial charge on any atom is 0.138 e. The summed E-state index contributed by atoms with van der Waals surface area (Å²) in [7, 11) is 0. The lowest BCUT2D eigenvalue weighted by atomic mass is 10.1. The summed E-state index contributed by atoms with van der Waals surface area (Å²) in [6.07, 6.45) is 0. The van der Waals surface area contributed by atoms with Crippen molar-refractivity contribution in [3.63, 3.8) is 0 Å². The number of ether oxygens (including phenoxy) is 1. The van der Waals surface area contributed by atoms with Crippen molar-refractivity contribution in [3.05, 3.63) is 64.2 Å². The molecule has 19 heavy (non-hydrogen) atoms. The van der Waals surface area contributed by atoms with E-state index in [2.05, 4.69) is 19.1 Å². The van der Waals surface area contributed by atoms with Crippen molar-refractivity contribution in [2.45, 2.75) is 26.5 Å². The van der Waals surface area contributed by atoms with Crippen molar-refractivity contribution in [1.82, 2.24) is 0 Å². The standard InChI is InChI=1S/C16H18ClNO/c1-11-5-3-4-6-14(11)10-19-16-8-7-13(12(2)18)9-15(16)17/h3-9,12H,10,18H2,1-2H3/t12-/m1/s1. The number of hydrogen-bond donors (Lipinski definition) is 1. The van der Waals surface area contributed by atoms with Gasteiger partial charge >= 0.3 is 0 Å². The molecule has 0 spiro atoms. The first-order valence-electron chi connectivity index (χ1n) is 6.30. The van der Waals surface area contributed by atoms with Crippen LogP contribution in [0.4, 0.5) is 0 Å². The predicted molar refractivity (Wildman–Crippen MR) is 79.6 cm³/mol. The summed E-state index contributed by atoms with van der Waals surface area (Å²) in [6, 6.07) is 13.8. The largest absolute Gasteiger partial charge is 0.487 e. The quantitative estimate of drug-likeness (QED) is 0.905. The van der Waals surface area contributed by atoms with E-state index in [1.165, 1.54) is 5.56 Å². The molecule has 0 aliphatic heterocycles. The highest BCUT2D eigenvalue weighted by Gasteiger charge is 2.06. The fourth-order valence-corrected chi connectivity index (χ4v) is 2.09. The van der Waals surface area contributed by atoms with E-state index in [0.717, 1.165) is 11.1 Å². The van der Waals surface area contributed by atoms with Gasteiger partial charge in [0.15, 0.2) is 0 Å². The third-order valence-electron chi connectivity index (χ3n) is 3.13. The maximum atomic E-state index is 6.20. The van der Waals surface area contributed by atoms with Crippen LogP contribution in [0.3, 0.4) is 0 Å². The molecule has 2 nitrogen and oxygen atoms in total. The molecule has 0 saturated heterocycles. The van der Waals surface area contributed by atoms with E-state index in [1.54, 1.807) is 0 Å². The first-order valence-corrected chi connectivity index (χ1v) is 6.68. The zero-order valence-corrected chi connectivity index (χ0v) is 11.9. The summed E-state index contributed by atoms with van der Waals surface area (Å²) in [5, 5.41) is 0.600. The first-order chi connectivity index (χ1) is 9.08. The van der Waals surface area contributed by atoms with Gasteiger partial charge in [-0.3, -0.25) is 0 Å². The van der Waals surface area contributed by atoms with Gasteiger partial charge in [0.05, 0.1) is 5.02 Å². The predicted octanol–water partition coefficient (Wildman–Crippen LogP) is 4.25. The minimum absolute atomic E-state index is 0.0251. The second kappa shape index (κ2) is 6.09. The van der Waals surface area contributed by atoms with E-state index in [0.29, 0.717) is 17.4 Å². The van der Waals surface area contributed by atoms with Crippen LogP contribution in [-0.2, 0) is 6.61 Å². The zero-order chi connectivity index (χ0) is 13.8. The van der Waals surface area contributed by atoms with Crippen LogP contribution in [0.25, 0.3) is 0 Å². The summed E-state index contributed by atoms with van der Waals surface area (Å²) in [5.41, 5.74) is 9.20. The fraction of sp³-hybridized carbons (Fsp3) is 0.250. The molecule has 0 heterocycles. The molecule has 0 amide bonds. The lowest BCUT2D eigenvalue weighted by molar-refractivity contribution is 0.305. The van der Waals surface area contributed by atoms with E-state index < -0.39 is 0 Å². The molecule has 1 atom stereocenters. The number of benzene rings is 2. The molecule has 0 unspecified atom stereocenters. The average Bonchev–Trinajstić information content (AvgIpc) is 2.39. The van der Waals surface area contributed by atoms with E-state index in [1.807, 2.05) is 37.3 Å². The van der Waals surface area contributed by atoms with Crippen molar-refractivity contribution >= 4 is 11.6 Å². The third-order valence-corrected chi connectivity index (χ3v) is 3.42. The Labute approximate surface area is 119 Å². The minimum Gasteiger partial charge on any atom is -0.487 e. The summed E-state index contributed by atoms with van der Waals surface area (Å²) >= 11 is 6.20. The van der Waals surface area contributed by atoms with Crippen LogP contribution < -0.4 is 10.5 Å². The number of hydrogen-bond acceptors (Lipinski definition) is 2. The number of nitrogens with two attached hydrogens (primary N) is 1. The van der Waals surface area contributed by atoms with Gasteiger partial charge in [0.2, 0.25) is 0 Å². The number of aryl methyl sites for hydroxylation is 1.